The number of methoxy groups -OCH3 is 4. The largest absolute Gasteiger partial charge is 0.493 e. The van der Waals surface area contributed by atoms with Crippen molar-refractivity contribution >= 4 is 5.91 Å². The Morgan fingerprint density at radius 2 is 1.42 bits per heavy atom. The predicted molar refractivity (Wildman–Crippen MR) is 138 cm³/mol. The summed E-state index contributed by atoms with van der Waals surface area (Å²) in [5.41, 5.74) is 4.86. The summed E-state index contributed by atoms with van der Waals surface area (Å²) in [5.74, 6) is 3.04. The number of rotatable bonds is 8. The van der Waals surface area contributed by atoms with Crippen LogP contribution in [0.2, 0.25) is 0 Å². The fraction of sp³-hybridized carbons (Fsp3) is 0.345. The Kier molecular flexibility index (Phi) is 7.58. The first-order valence-corrected chi connectivity index (χ1v) is 11.9. The quantitative estimate of drug-likeness (QED) is 0.434. The van der Waals surface area contributed by atoms with Gasteiger partial charge in [-0.2, -0.15) is 0 Å². The van der Waals surface area contributed by atoms with Crippen molar-refractivity contribution in [3.8, 4) is 28.7 Å². The molecule has 36 heavy (non-hydrogen) atoms. The lowest BCUT2D eigenvalue weighted by molar-refractivity contribution is 0.0588. The zero-order valence-electron chi connectivity index (χ0n) is 21.7. The number of aryl methyl sites for hydroxylation is 2. The van der Waals surface area contributed by atoms with Crippen LogP contribution in [0.15, 0.2) is 48.5 Å². The summed E-state index contributed by atoms with van der Waals surface area (Å²) in [4.78, 5) is 15.7. The maximum atomic E-state index is 13.8. The lowest BCUT2D eigenvalue weighted by Gasteiger charge is -2.37. The maximum Gasteiger partial charge on any atom is 0.254 e. The van der Waals surface area contributed by atoms with Gasteiger partial charge in [0.05, 0.1) is 34.5 Å². The van der Waals surface area contributed by atoms with Gasteiger partial charge < -0.3 is 28.6 Å². The first-order valence-electron chi connectivity index (χ1n) is 11.9. The number of fused-ring (bicyclic) bond motifs is 1. The van der Waals surface area contributed by atoms with E-state index in [0.717, 1.165) is 28.0 Å². The van der Waals surface area contributed by atoms with Crippen molar-refractivity contribution in [3.63, 3.8) is 0 Å². The molecule has 0 saturated heterocycles. The van der Waals surface area contributed by atoms with Crippen LogP contribution in [0.3, 0.4) is 0 Å². The van der Waals surface area contributed by atoms with E-state index < -0.39 is 0 Å². The normalized spacial score (nSPS) is 14.6. The molecular weight excluding hydrogens is 458 g/mol. The molecule has 0 aliphatic carbocycles. The number of carbonyl (C=O) groups excluding carboxylic acids is 1. The average Bonchev–Trinajstić information content (AvgIpc) is 2.89. The van der Waals surface area contributed by atoms with Crippen LogP contribution in [0.1, 0.15) is 38.7 Å². The van der Waals surface area contributed by atoms with Crippen molar-refractivity contribution in [2.75, 3.05) is 41.6 Å². The first-order chi connectivity index (χ1) is 17.4. The first kappa shape index (κ1) is 25.2. The molecule has 190 valence electrons. The Hall–Kier alpha value is -3.87. The Balaban J connectivity index is 1.72. The number of hydrogen-bond acceptors (Lipinski definition) is 6. The molecule has 0 bridgehead atoms. The molecule has 0 N–H and O–H groups in total. The Bertz CT molecular complexity index is 1230. The summed E-state index contributed by atoms with van der Waals surface area (Å²) >= 11 is 0. The molecule has 1 aliphatic rings. The second-order valence-electron chi connectivity index (χ2n) is 8.87. The fourth-order valence-electron chi connectivity index (χ4n) is 4.78. The van der Waals surface area contributed by atoms with E-state index >= 15 is 0 Å². The molecule has 7 heteroatoms. The van der Waals surface area contributed by atoms with Crippen LogP contribution in [-0.4, -0.2) is 52.4 Å². The summed E-state index contributed by atoms with van der Waals surface area (Å²) in [6.45, 7) is 4.92. The van der Waals surface area contributed by atoms with Crippen molar-refractivity contribution in [2.24, 2.45) is 0 Å². The van der Waals surface area contributed by atoms with E-state index in [2.05, 4.69) is 6.07 Å². The number of hydrogen-bond donors (Lipinski definition) is 0. The molecular formula is C29H33NO6. The predicted octanol–water partition coefficient (Wildman–Crippen LogP) is 5.16. The Labute approximate surface area is 212 Å². The van der Waals surface area contributed by atoms with Gasteiger partial charge in [0, 0.05) is 12.1 Å². The van der Waals surface area contributed by atoms with Gasteiger partial charge in [0.1, 0.15) is 12.4 Å². The molecule has 1 unspecified atom stereocenters. The second kappa shape index (κ2) is 10.8. The van der Waals surface area contributed by atoms with Gasteiger partial charge in [0.25, 0.3) is 5.91 Å². The molecule has 1 heterocycles. The van der Waals surface area contributed by atoms with Crippen LogP contribution in [0.4, 0.5) is 0 Å². The van der Waals surface area contributed by atoms with Crippen LogP contribution in [0, 0.1) is 13.8 Å². The van der Waals surface area contributed by atoms with E-state index in [1.807, 2.05) is 43.0 Å². The highest BCUT2D eigenvalue weighted by Crippen LogP contribution is 2.39. The summed E-state index contributed by atoms with van der Waals surface area (Å²) in [7, 11) is 6.37. The summed E-state index contributed by atoms with van der Waals surface area (Å²) in [5, 5.41) is 0. The van der Waals surface area contributed by atoms with Gasteiger partial charge >= 0.3 is 0 Å². The van der Waals surface area contributed by atoms with Gasteiger partial charge in [0.2, 0.25) is 0 Å². The number of carbonyl (C=O) groups is 1. The lowest BCUT2D eigenvalue weighted by atomic mass is 9.91. The van der Waals surface area contributed by atoms with Gasteiger partial charge in [0.15, 0.2) is 23.0 Å². The van der Waals surface area contributed by atoms with Gasteiger partial charge in [-0.1, -0.05) is 6.07 Å². The lowest BCUT2D eigenvalue weighted by Crippen LogP contribution is -2.42. The summed E-state index contributed by atoms with van der Waals surface area (Å²) in [6.07, 6.45) is 0.689. The average molecular weight is 492 g/mol. The molecule has 1 aliphatic heterocycles. The molecule has 1 amide bonds. The highest BCUT2D eigenvalue weighted by molar-refractivity contribution is 5.95. The van der Waals surface area contributed by atoms with E-state index in [1.165, 1.54) is 0 Å². The molecule has 0 fully saturated rings. The molecule has 0 spiro atoms. The minimum Gasteiger partial charge on any atom is -0.493 e. The number of amides is 1. The topological polar surface area (TPSA) is 66.5 Å². The maximum absolute atomic E-state index is 13.8. The fourth-order valence-corrected chi connectivity index (χ4v) is 4.78. The van der Waals surface area contributed by atoms with Crippen molar-refractivity contribution in [1.29, 1.82) is 0 Å². The van der Waals surface area contributed by atoms with Crippen LogP contribution >= 0.6 is 0 Å². The minimum absolute atomic E-state index is 0.106. The van der Waals surface area contributed by atoms with Crippen molar-refractivity contribution in [2.45, 2.75) is 26.3 Å². The molecule has 3 aromatic carbocycles. The molecule has 7 nitrogen and oxygen atoms in total. The van der Waals surface area contributed by atoms with Crippen LogP contribution in [0.25, 0.3) is 0 Å². The molecule has 1 atom stereocenters. The zero-order valence-corrected chi connectivity index (χ0v) is 21.7. The van der Waals surface area contributed by atoms with Crippen LogP contribution in [0.5, 0.6) is 28.7 Å². The zero-order chi connectivity index (χ0) is 25.8. The molecule has 4 rings (SSSR count). The summed E-state index contributed by atoms with van der Waals surface area (Å²) < 4.78 is 28.2. The smallest absolute Gasteiger partial charge is 0.254 e. The number of ether oxygens (including phenoxy) is 5. The van der Waals surface area contributed by atoms with Gasteiger partial charge in [-0.15, -0.1) is 0 Å². The minimum atomic E-state index is -0.324. The third-order valence-electron chi connectivity index (χ3n) is 6.50. The van der Waals surface area contributed by atoms with Gasteiger partial charge in [-0.05, 0) is 85.0 Å². The van der Waals surface area contributed by atoms with Gasteiger partial charge in [-0.3, -0.25) is 4.79 Å². The second-order valence-corrected chi connectivity index (χ2v) is 8.87. The molecule has 3 aromatic rings. The van der Waals surface area contributed by atoms with Crippen molar-refractivity contribution < 1.29 is 28.5 Å². The monoisotopic (exact) mass is 491 g/mol. The highest BCUT2D eigenvalue weighted by atomic mass is 16.5. The molecule has 0 saturated carbocycles. The third kappa shape index (κ3) is 5.05. The van der Waals surface area contributed by atoms with Gasteiger partial charge in [-0.25, -0.2) is 0 Å². The SMILES string of the molecule is COc1ccc(C(=O)N2CCc3cc(OC)c(OC)cc3C2COc2cc(C)cc(C)c2)cc1OC. The van der Waals surface area contributed by atoms with Crippen LogP contribution < -0.4 is 23.7 Å². The highest BCUT2D eigenvalue weighted by Gasteiger charge is 2.33. The van der Waals surface area contributed by atoms with E-state index in [-0.39, 0.29) is 11.9 Å². The summed E-state index contributed by atoms with van der Waals surface area (Å²) in [6, 6.07) is 15.0. The van der Waals surface area contributed by atoms with Crippen molar-refractivity contribution in [1.82, 2.24) is 4.90 Å². The number of benzene rings is 3. The van der Waals surface area contributed by atoms with E-state index in [1.54, 1.807) is 46.6 Å². The Morgan fingerprint density at radius 1 is 0.806 bits per heavy atom. The van der Waals surface area contributed by atoms with E-state index in [4.69, 9.17) is 23.7 Å². The van der Waals surface area contributed by atoms with Crippen molar-refractivity contribution in [3.05, 3.63) is 76.3 Å². The molecule has 0 radical (unpaired) electrons. The molecule has 0 aromatic heterocycles. The standard InChI is InChI=1S/C29H33NO6/c1-18-11-19(2)13-22(12-18)36-17-24-23-16-28(35-6)27(34-5)14-20(23)9-10-30(24)29(31)21-7-8-25(32-3)26(15-21)33-4/h7-8,11-16,24H,9-10,17H2,1-6H3. The van der Waals surface area contributed by atoms with E-state index in [0.29, 0.717) is 48.1 Å². The van der Waals surface area contributed by atoms with Crippen LogP contribution in [-0.2, 0) is 6.42 Å². The van der Waals surface area contributed by atoms with E-state index in [9.17, 15) is 4.79 Å². The third-order valence-corrected chi connectivity index (χ3v) is 6.50. The number of nitrogens with zero attached hydrogens (tertiary/aromatic N) is 1. The Morgan fingerprint density at radius 3 is 2.06 bits per heavy atom.